The minimum atomic E-state index is 0.584. The van der Waals surface area contributed by atoms with E-state index < -0.39 is 0 Å². The van der Waals surface area contributed by atoms with Crippen molar-refractivity contribution in [2.75, 3.05) is 6.54 Å². The van der Waals surface area contributed by atoms with E-state index in [1.54, 1.807) is 6.20 Å². The quantitative estimate of drug-likeness (QED) is 0.885. The van der Waals surface area contributed by atoms with E-state index in [1.165, 1.54) is 6.33 Å². The maximum absolute atomic E-state index is 5.96. The lowest BCUT2D eigenvalue weighted by atomic mass is 10.1. The van der Waals surface area contributed by atoms with Crippen molar-refractivity contribution in [3.63, 3.8) is 0 Å². The van der Waals surface area contributed by atoms with Crippen molar-refractivity contribution in [1.29, 1.82) is 0 Å². The van der Waals surface area contributed by atoms with Gasteiger partial charge in [-0.3, -0.25) is 0 Å². The molecule has 0 saturated heterocycles. The number of rotatable bonds is 3. The van der Waals surface area contributed by atoms with Gasteiger partial charge in [-0.15, -0.1) is 0 Å². The van der Waals surface area contributed by atoms with Crippen molar-refractivity contribution in [2.45, 2.75) is 6.42 Å². The molecule has 2 N–H and O–H groups in total. The third kappa shape index (κ3) is 2.38. The second-order valence-electron chi connectivity index (χ2n) is 3.45. The van der Waals surface area contributed by atoms with Crippen LogP contribution in [-0.2, 0) is 6.42 Å². The van der Waals surface area contributed by atoms with E-state index in [4.69, 9.17) is 17.3 Å². The molecule has 0 aliphatic carbocycles. The van der Waals surface area contributed by atoms with Crippen molar-refractivity contribution in [3.05, 3.63) is 47.4 Å². The number of nitrogens with two attached hydrogens (primary N) is 1. The molecule has 4 heteroatoms. The Morgan fingerprint density at radius 3 is 2.94 bits per heavy atom. The van der Waals surface area contributed by atoms with E-state index in [-0.39, 0.29) is 0 Å². The molecule has 0 spiro atoms. The fourth-order valence-corrected chi connectivity index (χ4v) is 1.78. The zero-order valence-corrected chi connectivity index (χ0v) is 9.48. The van der Waals surface area contributed by atoms with Crippen LogP contribution in [0.15, 0.2) is 36.8 Å². The number of hydrogen-bond donors (Lipinski definition) is 1. The molecule has 0 radical (unpaired) electrons. The van der Waals surface area contributed by atoms with E-state index in [1.807, 2.05) is 24.3 Å². The SMILES string of the molecule is NCCc1cncnc1-c1cccc(Cl)c1. The van der Waals surface area contributed by atoms with Crippen LogP contribution in [0.4, 0.5) is 0 Å². The summed E-state index contributed by atoms with van der Waals surface area (Å²) in [6, 6.07) is 7.62. The van der Waals surface area contributed by atoms with Gasteiger partial charge >= 0.3 is 0 Å². The van der Waals surface area contributed by atoms with Gasteiger partial charge in [0.2, 0.25) is 0 Å². The van der Waals surface area contributed by atoms with E-state index in [2.05, 4.69) is 9.97 Å². The van der Waals surface area contributed by atoms with Gasteiger partial charge in [0.1, 0.15) is 6.33 Å². The number of aromatic nitrogens is 2. The molecule has 2 aromatic rings. The Labute approximate surface area is 99.3 Å². The largest absolute Gasteiger partial charge is 0.330 e. The average molecular weight is 234 g/mol. The van der Waals surface area contributed by atoms with Crippen LogP contribution >= 0.6 is 11.6 Å². The molecule has 0 atom stereocenters. The van der Waals surface area contributed by atoms with Gasteiger partial charge in [-0.1, -0.05) is 23.7 Å². The summed E-state index contributed by atoms with van der Waals surface area (Å²) in [6.45, 7) is 0.584. The second-order valence-corrected chi connectivity index (χ2v) is 3.88. The highest BCUT2D eigenvalue weighted by Gasteiger charge is 2.06. The topological polar surface area (TPSA) is 51.8 Å². The third-order valence-electron chi connectivity index (χ3n) is 2.30. The lowest BCUT2D eigenvalue weighted by molar-refractivity contribution is 0.945. The van der Waals surface area contributed by atoms with Gasteiger partial charge in [-0.25, -0.2) is 9.97 Å². The zero-order valence-electron chi connectivity index (χ0n) is 8.73. The molecule has 0 saturated carbocycles. The molecule has 0 aliphatic heterocycles. The molecule has 0 amide bonds. The van der Waals surface area contributed by atoms with Gasteiger partial charge in [0, 0.05) is 16.8 Å². The first-order valence-electron chi connectivity index (χ1n) is 5.06. The lowest BCUT2D eigenvalue weighted by Crippen LogP contribution is -2.05. The van der Waals surface area contributed by atoms with Gasteiger partial charge < -0.3 is 5.73 Å². The molecule has 0 bridgehead atoms. The molecule has 3 nitrogen and oxygen atoms in total. The van der Waals surface area contributed by atoms with Crippen LogP contribution < -0.4 is 5.73 Å². The van der Waals surface area contributed by atoms with E-state index in [0.717, 1.165) is 23.2 Å². The van der Waals surface area contributed by atoms with Crippen molar-refractivity contribution in [3.8, 4) is 11.3 Å². The molecule has 82 valence electrons. The Hall–Kier alpha value is -1.45. The van der Waals surface area contributed by atoms with E-state index >= 15 is 0 Å². The fraction of sp³-hybridized carbons (Fsp3) is 0.167. The summed E-state index contributed by atoms with van der Waals surface area (Å²) < 4.78 is 0. The zero-order chi connectivity index (χ0) is 11.4. The summed E-state index contributed by atoms with van der Waals surface area (Å²) in [7, 11) is 0. The highest BCUT2D eigenvalue weighted by Crippen LogP contribution is 2.23. The van der Waals surface area contributed by atoms with E-state index in [9.17, 15) is 0 Å². The first kappa shape index (κ1) is 11.0. The van der Waals surface area contributed by atoms with Gasteiger partial charge in [0.25, 0.3) is 0 Å². The van der Waals surface area contributed by atoms with Gasteiger partial charge in [-0.2, -0.15) is 0 Å². The van der Waals surface area contributed by atoms with Crippen LogP contribution in [0, 0.1) is 0 Å². The van der Waals surface area contributed by atoms with Crippen LogP contribution in [0.5, 0.6) is 0 Å². The number of nitrogens with zero attached hydrogens (tertiary/aromatic N) is 2. The highest BCUT2D eigenvalue weighted by molar-refractivity contribution is 6.30. The van der Waals surface area contributed by atoms with Crippen molar-refractivity contribution in [2.24, 2.45) is 5.73 Å². The number of hydrogen-bond acceptors (Lipinski definition) is 3. The van der Waals surface area contributed by atoms with Crippen LogP contribution in [0.1, 0.15) is 5.56 Å². The maximum Gasteiger partial charge on any atom is 0.116 e. The Kier molecular flexibility index (Phi) is 3.49. The van der Waals surface area contributed by atoms with Crippen LogP contribution in [0.2, 0.25) is 5.02 Å². The Bertz CT molecular complexity index is 485. The molecule has 0 unspecified atom stereocenters. The fourth-order valence-electron chi connectivity index (χ4n) is 1.59. The van der Waals surface area contributed by atoms with Crippen LogP contribution in [-0.4, -0.2) is 16.5 Å². The minimum absolute atomic E-state index is 0.584. The summed E-state index contributed by atoms with van der Waals surface area (Å²) in [5, 5.41) is 0.704. The summed E-state index contributed by atoms with van der Waals surface area (Å²) >= 11 is 5.96. The van der Waals surface area contributed by atoms with Crippen LogP contribution in [0.3, 0.4) is 0 Å². The molecular formula is C12H12ClN3. The van der Waals surface area contributed by atoms with Crippen molar-refractivity contribution < 1.29 is 0 Å². The summed E-state index contributed by atoms with van der Waals surface area (Å²) in [5.74, 6) is 0. The number of benzene rings is 1. The Morgan fingerprint density at radius 2 is 2.19 bits per heavy atom. The molecule has 1 aromatic carbocycles. The number of halogens is 1. The molecule has 1 heterocycles. The Balaban J connectivity index is 2.46. The molecule has 16 heavy (non-hydrogen) atoms. The second kappa shape index (κ2) is 5.05. The average Bonchev–Trinajstić information content (AvgIpc) is 2.30. The van der Waals surface area contributed by atoms with Gasteiger partial charge in [0.05, 0.1) is 5.69 Å². The van der Waals surface area contributed by atoms with Gasteiger partial charge in [-0.05, 0) is 30.7 Å². The smallest absolute Gasteiger partial charge is 0.116 e. The lowest BCUT2D eigenvalue weighted by Gasteiger charge is -2.06. The Morgan fingerprint density at radius 1 is 1.31 bits per heavy atom. The first-order valence-corrected chi connectivity index (χ1v) is 5.44. The molecule has 1 aromatic heterocycles. The predicted molar refractivity (Wildman–Crippen MR) is 65.2 cm³/mol. The summed E-state index contributed by atoms with van der Waals surface area (Å²) in [4.78, 5) is 8.30. The molecule has 2 rings (SSSR count). The standard InChI is InChI=1S/C12H12ClN3/c13-11-3-1-2-9(6-11)12-10(4-5-14)7-15-8-16-12/h1-3,6-8H,4-5,14H2. The maximum atomic E-state index is 5.96. The monoisotopic (exact) mass is 233 g/mol. The van der Waals surface area contributed by atoms with Crippen LogP contribution in [0.25, 0.3) is 11.3 Å². The van der Waals surface area contributed by atoms with Gasteiger partial charge in [0.15, 0.2) is 0 Å². The first-order chi connectivity index (χ1) is 7.81. The third-order valence-corrected chi connectivity index (χ3v) is 2.53. The highest BCUT2D eigenvalue weighted by atomic mass is 35.5. The minimum Gasteiger partial charge on any atom is -0.330 e. The van der Waals surface area contributed by atoms with Crippen molar-refractivity contribution >= 4 is 11.6 Å². The molecule has 0 aliphatic rings. The summed E-state index contributed by atoms with van der Waals surface area (Å²) in [6.07, 6.45) is 4.11. The summed E-state index contributed by atoms with van der Waals surface area (Å²) in [5.41, 5.74) is 8.51. The molecular weight excluding hydrogens is 222 g/mol. The molecule has 0 fully saturated rings. The van der Waals surface area contributed by atoms with E-state index in [0.29, 0.717) is 11.6 Å². The van der Waals surface area contributed by atoms with Crippen molar-refractivity contribution in [1.82, 2.24) is 9.97 Å². The predicted octanol–water partition coefficient (Wildman–Crippen LogP) is 2.30. The normalized spacial score (nSPS) is 10.4.